The smallest absolute Gasteiger partial charge is 0.225 e. The molecule has 1 heterocycles. The van der Waals surface area contributed by atoms with Gasteiger partial charge in [-0.1, -0.05) is 43.2 Å². The number of nitrogens with one attached hydrogen (secondary N) is 1. The molecule has 2 fully saturated rings. The molecule has 3 rings (SSSR count). The molecule has 2 aliphatic rings. The van der Waals surface area contributed by atoms with Crippen molar-refractivity contribution in [2.75, 3.05) is 6.54 Å². The molecule has 0 spiro atoms. The van der Waals surface area contributed by atoms with Crippen molar-refractivity contribution in [3.8, 4) is 0 Å². The predicted octanol–water partition coefficient (Wildman–Crippen LogP) is 2.09. The van der Waals surface area contributed by atoms with Gasteiger partial charge in [0.1, 0.15) is 0 Å². The lowest BCUT2D eigenvalue weighted by molar-refractivity contribution is -0.129. The Balaban J connectivity index is 1.55. The number of likely N-dealkylation sites (tertiary alicyclic amines) is 1. The molecule has 1 aliphatic carbocycles. The van der Waals surface area contributed by atoms with Crippen molar-refractivity contribution in [1.29, 1.82) is 0 Å². The maximum atomic E-state index is 12.3. The van der Waals surface area contributed by atoms with Gasteiger partial charge in [0, 0.05) is 25.6 Å². The second kappa shape index (κ2) is 6.29. The highest BCUT2D eigenvalue weighted by atomic mass is 16.2. The number of nitrogens with zero attached hydrogens (tertiary/aromatic N) is 1. The zero-order chi connectivity index (χ0) is 14.7. The Kier molecular flexibility index (Phi) is 4.23. The van der Waals surface area contributed by atoms with Crippen molar-refractivity contribution in [2.24, 2.45) is 5.92 Å². The van der Waals surface area contributed by atoms with Crippen molar-refractivity contribution in [1.82, 2.24) is 10.2 Å². The maximum Gasteiger partial charge on any atom is 0.225 e. The number of hydrogen-bond donors (Lipinski definition) is 1. The number of benzene rings is 1. The minimum atomic E-state index is -0.179. The van der Waals surface area contributed by atoms with E-state index in [4.69, 9.17) is 0 Å². The first-order chi connectivity index (χ1) is 10.2. The molecule has 1 aromatic carbocycles. The lowest BCUT2D eigenvalue weighted by Gasteiger charge is -2.18. The van der Waals surface area contributed by atoms with Gasteiger partial charge in [0.2, 0.25) is 11.8 Å². The SMILES string of the molecule is O=C(NC1CCCC1)[C@@H]1CC(=O)N(Cc2ccccc2)C1. The molecule has 0 radical (unpaired) electrons. The number of hydrogen-bond acceptors (Lipinski definition) is 2. The second-order valence-electron chi connectivity index (χ2n) is 6.15. The monoisotopic (exact) mass is 286 g/mol. The molecule has 21 heavy (non-hydrogen) atoms. The zero-order valence-electron chi connectivity index (χ0n) is 12.3. The molecular weight excluding hydrogens is 264 g/mol. The molecule has 1 aromatic rings. The number of carbonyl (C=O) groups excluding carboxylic acids is 2. The van der Waals surface area contributed by atoms with Gasteiger partial charge >= 0.3 is 0 Å². The minimum Gasteiger partial charge on any atom is -0.353 e. The minimum absolute atomic E-state index is 0.0609. The average molecular weight is 286 g/mol. The fourth-order valence-electron chi connectivity index (χ4n) is 3.29. The van der Waals surface area contributed by atoms with Crippen molar-refractivity contribution >= 4 is 11.8 Å². The highest BCUT2D eigenvalue weighted by molar-refractivity contribution is 5.89. The van der Waals surface area contributed by atoms with E-state index in [-0.39, 0.29) is 17.7 Å². The summed E-state index contributed by atoms with van der Waals surface area (Å²) in [5.74, 6) is -0.0296. The van der Waals surface area contributed by atoms with Crippen LogP contribution < -0.4 is 5.32 Å². The molecule has 112 valence electrons. The first-order valence-corrected chi connectivity index (χ1v) is 7.84. The van der Waals surface area contributed by atoms with Crippen molar-refractivity contribution in [3.63, 3.8) is 0 Å². The number of rotatable bonds is 4. The Bertz CT molecular complexity index is 509. The summed E-state index contributed by atoms with van der Waals surface area (Å²) in [5, 5.41) is 3.11. The van der Waals surface area contributed by atoms with Gasteiger partial charge in [0.05, 0.1) is 5.92 Å². The van der Waals surface area contributed by atoms with Crippen LogP contribution in [0.15, 0.2) is 30.3 Å². The lowest BCUT2D eigenvalue weighted by Crippen LogP contribution is -2.38. The number of carbonyl (C=O) groups is 2. The van der Waals surface area contributed by atoms with E-state index in [1.54, 1.807) is 4.90 Å². The van der Waals surface area contributed by atoms with E-state index in [2.05, 4.69) is 5.32 Å². The summed E-state index contributed by atoms with van der Waals surface area (Å²) >= 11 is 0. The third-order valence-electron chi connectivity index (χ3n) is 4.50. The van der Waals surface area contributed by atoms with Crippen LogP contribution in [0.3, 0.4) is 0 Å². The molecule has 1 atom stereocenters. The molecule has 1 saturated heterocycles. The summed E-state index contributed by atoms with van der Waals surface area (Å²) in [4.78, 5) is 26.1. The molecule has 0 aromatic heterocycles. The van der Waals surface area contributed by atoms with E-state index in [0.717, 1.165) is 18.4 Å². The van der Waals surface area contributed by atoms with Gasteiger partial charge in [-0.05, 0) is 18.4 Å². The highest BCUT2D eigenvalue weighted by Crippen LogP contribution is 2.22. The van der Waals surface area contributed by atoms with Gasteiger partial charge in [-0.25, -0.2) is 0 Å². The van der Waals surface area contributed by atoms with Gasteiger partial charge in [0.15, 0.2) is 0 Å². The normalized spacial score (nSPS) is 22.8. The average Bonchev–Trinajstić information content (AvgIpc) is 3.11. The fourth-order valence-corrected chi connectivity index (χ4v) is 3.29. The van der Waals surface area contributed by atoms with Gasteiger partial charge in [0.25, 0.3) is 0 Å². The van der Waals surface area contributed by atoms with Gasteiger partial charge in [-0.2, -0.15) is 0 Å². The molecule has 0 unspecified atom stereocenters. The Morgan fingerprint density at radius 1 is 1.19 bits per heavy atom. The van der Waals surface area contributed by atoms with Crippen LogP contribution in [0.5, 0.6) is 0 Å². The summed E-state index contributed by atoms with van der Waals surface area (Å²) in [6, 6.07) is 10.3. The Labute approximate surface area is 125 Å². The summed E-state index contributed by atoms with van der Waals surface area (Å²) in [6.45, 7) is 1.15. The van der Waals surface area contributed by atoms with E-state index in [9.17, 15) is 9.59 Å². The van der Waals surface area contributed by atoms with E-state index >= 15 is 0 Å². The molecule has 0 bridgehead atoms. The van der Waals surface area contributed by atoms with Crippen LogP contribution in [0.25, 0.3) is 0 Å². The first-order valence-electron chi connectivity index (χ1n) is 7.84. The number of amides is 2. The molecule has 1 aliphatic heterocycles. The summed E-state index contributed by atoms with van der Waals surface area (Å²) in [7, 11) is 0. The Morgan fingerprint density at radius 2 is 1.90 bits per heavy atom. The molecule has 1 N–H and O–H groups in total. The summed E-state index contributed by atoms with van der Waals surface area (Å²) < 4.78 is 0. The van der Waals surface area contributed by atoms with Gasteiger partial charge in [-0.3, -0.25) is 9.59 Å². The zero-order valence-corrected chi connectivity index (χ0v) is 12.3. The van der Waals surface area contributed by atoms with Gasteiger partial charge in [-0.15, -0.1) is 0 Å². The fraction of sp³-hybridized carbons (Fsp3) is 0.529. The molecule has 4 nitrogen and oxygen atoms in total. The highest BCUT2D eigenvalue weighted by Gasteiger charge is 2.35. The van der Waals surface area contributed by atoms with Crippen LogP contribution in [0.2, 0.25) is 0 Å². The van der Waals surface area contributed by atoms with Crippen LogP contribution in [-0.4, -0.2) is 29.3 Å². The predicted molar refractivity (Wildman–Crippen MR) is 80.4 cm³/mol. The van der Waals surface area contributed by atoms with E-state index < -0.39 is 0 Å². The van der Waals surface area contributed by atoms with E-state index in [1.807, 2.05) is 30.3 Å². The second-order valence-corrected chi connectivity index (χ2v) is 6.15. The largest absolute Gasteiger partial charge is 0.353 e. The standard InChI is InChI=1S/C17H22N2O2/c20-16-10-14(17(21)18-15-8-4-5-9-15)12-19(16)11-13-6-2-1-3-7-13/h1-3,6-7,14-15H,4-5,8-12H2,(H,18,21)/t14-/m1/s1. The van der Waals surface area contributed by atoms with Crippen LogP contribution in [0.4, 0.5) is 0 Å². The molecule has 1 saturated carbocycles. The molecule has 2 amide bonds. The van der Waals surface area contributed by atoms with E-state index in [0.29, 0.717) is 25.6 Å². The third kappa shape index (κ3) is 3.43. The van der Waals surface area contributed by atoms with Crippen molar-refractivity contribution in [3.05, 3.63) is 35.9 Å². The quantitative estimate of drug-likeness (QED) is 0.921. The van der Waals surface area contributed by atoms with Gasteiger partial charge < -0.3 is 10.2 Å². The first kappa shape index (κ1) is 14.1. The molecule has 4 heteroatoms. The van der Waals surface area contributed by atoms with Crippen molar-refractivity contribution < 1.29 is 9.59 Å². The molecular formula is C17H22N2O2. The van der Waals surface area contributed by atoms with Crippen LogP contribution >= 0.6 is 0 Å². The van der Waals surface area contributed by atoms with Crippen LogP contribution in [0.1, 0.15) is 37.7 Å². The van der Waals surface area contributed by atoms with Crippen molar-refractivity contribution in [2.45, 2.75) is 44.7 Å². The van der Waals surface area contributed by atoms with Crippen LogP contribution in [-0.2, 0) is 16.1 Å². The Morgan fingerprint density at radius 3 is 2.62 bits per heavy atom. The maximum absolute atomic E-state index is 12.3. The lowest BCUT2D eigenvalue weighted by atomic mass is 10.1. The topological polar surface area (TPSA) is 49.4 Å². The Hall–Kier alpha value is -1.84. The summed E-state index contributed by atoms with van der Waals surface area (Å²) in [5.41, 5.74) is 1.11. The van der Waals surface area contributed by atoms with Crippen LogP contribution in [0, 0.1) is 5.92 Å². The summed E-state index contributed by atoms with van der Waals surface area (Å²) in [6.07, 6.45) is 4.93. The third-order valence-corrected chi connectivity index (χ3v) is 4.50. The van der Waals surface area contributed by atoms with E-state index in [1.165, 1.54) is 12.8 Å².